The first kappa shape index (κ1) is 14.8. The van der Waals surface area contributed by atoms with Crippen molar-refractivity contribution in [3.8, 4) is 6.07 Å². The lowest BCUT2D eigenvalue weighted by molar-refractivity contribution is 0.905. The van der Waals surface area contributed by atoms with E-state index >= 15 is 0 Å². The summed E-state index contributed by atoms with van der Waals surface area (Å²) in [5.41, 5.74) is 3.65. The highest BCUT2D eigenvalue weighted by molar-refractivity contribution is 5.68. The zero-order valence-electron chi connectivity index (χ0n) is 12.6. The van der Waals surface area contributed by atoms with Gasteiger partial charge in [-0.3, -0.25) is 0 Å². The Morgan fingerprint density at radius 2 is 2.00 bits per heavy atom. The number of anilines is 3. The van der Waals surface area contributed by atoms with Gasteiger partial charge < -0.3 is 10.6 Å². The maximum atomic E-state index is 9.03. The maximum absolute atomic E-state index is 9.03. The van der Waals surface area contributed by atoms with Gasteiger partial charge in [-0.25, -0.2) is 9.97 Å². The second-order valence-electron chi connectivity index (χ2n) is 4.82. The van der Waals surface area contributed by atoms with Crippen LogP contribution in [0.25, 0.3) is 0 Å². The number of benzene rings is 1. The molecule has 0 amide bonds. The standard InChI is InChI=1S/C16H19N5/c1-4-5-13-15(18-3)19-10-20-16(13)21-14-8-12(9-17)7-6-11(14)2/h6-8,10H,4-5H2,1-3H3,(H2,18,19,20,21). The number of aromatic nitrogens is 2. The minimum Gasteiger partial charge on any atom is -0.373 e. The predicted octanol–water partition coefficient (Wildman–Crippen LogP) is 3.39. The lowest BCUT2D eigenvalue weighted by Gasteiger charge is -2.15. The Bertz CT molecular complexity index is 673. The molecule has 0 aliphatic heterocycles. The summed E-state index contributed by atoms with van der Waals surface area (Å²) in [6.07, 6.45) is 3.43. The molecule has 0 saturated heterocycles. The number of nitrogens with one attached hydrogen (secondary N) is 2. The molecule has 1 aromatic heterocycles. The van der Waals surface area contributed by atoms with Crippen molar-refractivity contribution in [1.29, 1.82) is 5.26 Å². The van der Waals surface area contributed by atoms with Gasteiger partial charge in [0, 0.05) is 18.3 Å². The van der Waals surface area contributed by atoms with Crippen LogP contribution in [0.1, 0.15) is 30.0 Å². The van der Waals surface area contributed by atoms with Crippen LogP contribution >= 0.6 is 0 Å². The number of nitriles is 1. The van der Waals surface area contributed by atoms with Crippen LogP contribution in [-0.4, -0.2) is 17.0 Å². The molecule has 5 heteroatoms. The van der Waals surface area contributed by atoms with Crippen LogP contribution in [0.4, 0.5) is 17.3 Å². The van der Waals surface area contributed by atoms with Crippen molar-refractivity contribution in [3.05, 3.63) is 41.2 Å². The normalized spacial score (nSPS) is 10.0. The molecule has 0 fully saturated rings. The molecule has 5 nitrogen and oxygen atoms in total. The largest absolute Gasteiger partial charge is 0.373 e. The van der Waals surface area contributed by atoms with Crippen molar-refractivity contribution < 1.29 is 0 Å². The van der Waals surface area contributed by atoms with Crippen molar-refractivity contribution >= 4 is 17.3 Å². The Morgan fingerprint density at radius 3 is 2.67 bits per heavy atom. The summed E-state index contributed by atoms with van der Waals surface area (Å²) >= 11 is 0. The quantitative estimate of drug-likeness (QED) is 0.878. The zero-order chi connectivity index (χ0) is 15.2. The first-order valence-corrected chi connectivity index (χ1v) is 6.99. The minimum atomic E-state index is 0.628. The molecule has 0 radical (unpaired) electrons. The Hall–Kier alpha value is -2.61. The SMILES string of the molecule is CCCc1c(NC)ncnc1Nc1cc(C#N)ccc1C. The number of hydrogen-bond donors (Lipinski definition) is 2. The summed E-state index contributed by atoms with van der Waals surface area (Å²) in [5.74, 6) is 1.62. The number of aryl methyl sites for hydroxylation is 1. The lowest BCUT2D eigenvalue weighted by atomic mass is 10.1. The molecule has 2 rings (SSSR count). The molecular formula is C16H19N5. The third-order valence-corrected chi connectivity index (χ3v) is 3.30. The maximum Gasteiger partial charge on any atom is 0.139 e. The molecule has 2 aromatic rings. The van der Waals surface area contributed by atoms with E-state index in [-0.39, 0.29) is 0 Å². The molecule has 0 spiro atoms. The van der Waals surface area contributed by atoms with E-state index in [0.29, 0.717) is 5.56 Å². The average Bonchev–Trinajstić information content (AvgIpc) is 2.51. The molecule has 0 unspecified atom stereocenters. The molecule has 2 N–H and O–H groups in total. The van der Waals surface area contributed by atoms with Crippen LogP contribution in [0, 0.1) is 18.3 Å². The summed E-state index contributed by atoms with van der Waals surface area (Å²) in [6.45, 7) is 4.13. The van der Waals surface area contributed by atoms with Crippen molar-refractivity contribution in [2.75, 3.05) is 17.7 Å². The van der Waals surface area contributed by atoms with Crippen LogP contribution in [0.5, 0.6) is 0 Å². The van der Waals surface area contributed by atoms with E-state index in [1.807, 2.05) is 32.2 Å². The van der Waals surface area contributed by atoms with Crippen molar-refractivity contribution in [2.24, 2.45) is 0 Å². The number of nitrogens with zero attached hydrogens (tertiary/aromatic N) is 3. The minimum absolute atomic E-state index is 0.628. The van der Waals surface area contributed by atoms with Gasteiger partial charge in [-0.1, -0.05) is 19.4 Å². The topological polar surface area (TPSA) is 73.6 Å². The number of rotatable bonds is 5. The summed E-state index contributed by atoms with van der Waals surface area (Å²) in [5, 5.41) is 15.5. The molecular weight excluding hydrogens is 262 g/mol. The first-order chi connectivity index (χ1) is 10.2. The summed E-state index contributed by atoms with van der Waals surface area (Å²) in [6, 6.07) is 7.74. The van der Waals surface area contributed by atoms with Gasteiger partial charge in [0.05, 0.1) is 11.6 Å². The monoisotopic (exact) mass is 281 g/mol. The summed E-state index contributed by atoms with van der Waals surface area (Å²) < 4.78 is 0. The predicted molar refractivity (Wildman–Crippen MR) is 84.8 cm³/mol. The van der Waals surface area contributed by atoms with Gasteiger partial charge in [-0.2, -0.15) is 5.26 Å². The molecule has 0 aliphatic carbocycles. The molecule has 1 heterocycles. The Morgan fingerprint density at radius 1 is 1.24 bits per heavy atom. The van der Waals surface area contributed by atoms with E-state index in [2.05, 4.69) is 33.6 Å². The highest BCUT2D eigenvalue weighted by Crippen LogP contribution is 2.26. The van der Waals surface area contributed by atoms with Crippen molar-refractivity contribution in [2.45, 2.75) is 26.7 Å². The van der Waals surface area contributed by atoms with E-state index in [1.165, 1.54) is 6.33 Å². The fourth-order valence-electron chi connectivity index (χ4n) is 2.18. The second-order valence-corrected chi connectivity index (χ2v) is 4.82. The van der Waals surface area contributed by atoms with Crippen LogP contribution in [0.2, 0.25) is 0 Å². The lowest BCUT2D eigenvalue weighted by Crippen LogP contribution is -2.06. The van der Waals surface area contributed by atoms with Gasteiger partial charge in [0.25, 0.3) is 0 Å². The first-order valence-electron chi connectivity index (χ1n) is 6.99. The van der Waals surface area contributed by atoms with Gasteiger partial charge >= 0.3 is 0 Å². The van der Waals surface area contributed by atoms with E-state index in [9.17, 15) is 0 Å². The van der Waals surface area contributed by atoms with E-state index in [0.717, 1.165) is 41.3 Å². The highest BCUT2D eigenvalue weighted by Gasteiger charge is 2.11. The van der Waals surface area contributed by atoms with Crippen LogP contribution < -0.4 is 10.6 Å². The van der Waals surface area contributed by atoms with Gasteiger partial charge in [0.2, 0.25) is 0 Å². The Kier molecular flexibility index (Phi) is 4.72. The highest BCUT2D eigenvalue weighted by atomic mass is 15.1. The number of hydrogen-bond acceptors (Lipinski definition) is 5. The molecule has 0 aliphatic rings. The second kappa shape index (κ2) is 6.71. The molecule has 21 heavy (non-hydrogen) atoms. The van der Waals surface area contributed by atoms with Gasteiger partial charge in [-0.05, 0) is 31.0 Å². The molecule has 0 atom stereocenters. The fraction of sp³-hybridized carbons (Fsp3) is 0.312. The Labute approximate surface area is 125 Å². The zero-order valence-corrected chi connectivity index (χ0v) is 12.6. The fourth-order valence-corrected chi connectivity index (χ4v) is 2.18. The summed E-state index contributed by atoms with van der Waals surface area (Å²) in [4.78, 5) is 8.61. The average molecular weight is 281 g/mol. The van der Waals surface area contributed by atoms with Gasteiger partial charge in [0.1, 0.15) is 18.0 Å². The van der Waals surface area contributed by atoms with Crippen LogP contribution in [0.3, 0.4) is 0 Å². The van der Waals surface area contributed by atoms with E-state index in [1.54, 1.807) is 0 Å². The molecule has 1 aromatic carbocycles. The third kappa shape index (κ3) is 3.29. The molecule has 0 saturated carbocycles. The van der Waals surface area contributed by atoms with Crippen LogP contribution in [-0.2, 0) is 6.42 Å². The van der Waals surface area contributed by atoms with Gasteiger partial charge in [0.15, 0.2) is 0 Å². The third-order valence-electron chi connectivity index (χ3n) is 3.30. The van der Waals surface area contributed by atoms with E-state index in [4.69, 9.17) is 5.26 Å². The smallest absolute Gasteiger partial charge is 0.139 e. The van der Waals surface area contributed by atoms with Crippen LogP contribution in [0.15, 0.2) is 24.5 Å². The van der Waals surface area contributed by atoms with Crippen molar-refractivity contribution in [1.82, 2.24) is 9.97 Å². The Balaban J connectivity index is 2.42. The van der Waals surface area contributed by atoms with Crippen molar-refractivity contribution in [3.63, 3.8) is 0 Å². The van der Waals surface area contributed by atoms with Gasteiger partial charge in [-0.15, -0.1) is 0 Å². The summed E-state index contributed by atoms with van der Waals surface area (Å²) in [7, 11) is 1.85. The van der Waals surface area contributed by atoms with E-state index < -0.39 is 0 Å². The molecule has 0 bridgehead atoms. The molecule has 108 valence electrons.